The molecule has 1 aromatic carbocycles. The molecule has 2 aliphatic heterocycles. The van der Waals surface area contributed by atoms with Crippen LogP contribution in [0.2, 0.25) is 5.02 Å². The van der Waals surface area contributed by atoms with E-state index in [-0.39, 0.29) is 42.3 Å². The van der Waals surface area contributed by atoms with E-state index in [0.29, 0.717) is 17.9 Å². The molecule has 0 saturated carbocycles. The average molecular weight is 414 g/mol. The van der Waals surface area contributed by atoms with Crippen LogP contribution in [0.5, 0.6) is 0 Å². The van der Waals surface area contributed by atoms with Crippen molar-refractivity contribution in [2.24, 2.45) is 5.92 Å². The van der Waals surface area contributed by atoms with Gasteiger partial charge in [0.05, 0.1) is 11.4 Å². The zero-order chi connectivity index (χ0) is 19.4. The highest BCUT2D eigenvalue weighted by Crippen LogP contribution is 2.24. The second-order valence-corrected chi connectivity index (χ2v) is 9.31. The number of carbonyl (C=O) groups is 2. The largest absolute Gasteiger partial charge is 0.347 e. The fraction of sp³-hybridized carbons (Fsp3) is 0.556. The first-order valence-corrected chi connectivity index (χ1v) is 11.0. The molecule has 0 unspecified atom stereocenters. The summed E-state index contributed by atoms with van der Waals surface area (Å²) in [7, 11) is -3.58. The van der Waals surface area contributed by atoms with Gasteiger partial charge in [-0.05, 0) is 49.9 Å². The summed E-state index contributed by atoms with van der Waals surface area (Å²) in [4.78, 5) is 26.3. The van der Waals surface area contributed by atoms with E-state index in [1.54, 1.807) is 17.0 Å². The Morgan fingerprint density at radius 2 is 1.63 bits per heavy atom. The van der Waals surface area contributed by atoms with Crippen LogP contribution >= 0.6 is 11.6 Å². The molecule has 27 heavy (non-hydrogen) atoms. The summed E-state index contributed by atoms with van der Waals surface area (Å²) in [5, 5.41) is 3.19. The third-order valence-corrected chi connectivity index (χ3v) is 7.31. The van der Waals surface area contributed by atoms with E-state index in [0.717, 1.165) is 25.9 Å². The summed E-state index contributed by atoms with van der Waals surface area (Å²) in [6, 6.07) is 6.07. The van der Waals surface area contributed by atoms with E-state index in [2.05, 4.69) is 5.32 Å². The van der Waals surface area contributed by atoms with Gasteiger partial charge in [-0.2, -0.15) is 4.31 Å². The quantitative estimate of drug-likeness (QED) is 0.792. The number of likely N-dealkylation sites (tertiary alicyclic amines) is 1. The second kappa shape index (κ2) is 8.58. The summed E-state index contributed by atoms with van der Waals surface area (Å²) in [6.07, 6.45) is 2.91. The number of nitrogens with zero attached hydrogens (tertiary/aromatic N) is 2. The number of piperidine rings is 1. The minimum absolute atomic E-state index is 0.0160. The lowest BCUT2D eigenvalue weighted by Gasteiger charge is -2.30. The van der Waals surface area contributed by atoms with Crippen LogP contribution in [-0.4, -0.2) is 62.2 Å². The molecule has 1 N–H and O–H groups in total. The van der Waals surface area contributed by atoms with Gasteiger partial charge in [0.25, 0.3) is 0 Å². The van der Waals surface area contributed by atoms with Crippen molar-refractivity contribution in [2.75, 3.05) is 32.7 Å². The number of hydrogen-bond donors (Lipinski definition) is 1. The number of halogens is 1. The van der Waals surface area contributed by atoms with E-state index in [1.807, 2.05) is 0 Å². The van der Waals surface area contributed by atoms with Crippen molar-refractivity contribution in [1.29, 1.82) is 0 Å². The Kier molecular flexibility index (Phi) is 6.39. The summed E-state index contributed by atoms with van der Waals surface area (Å²) in [5.74, 6) is -0.497. The van der Waals surface area contributed by atoms with Crippen molar-refractivity contribution in [3.05, 3.63) is 29.3 Å². The number of hydrogen-bond acceptors (Lipinski definition) is 4. The fourth-order valence-electron chi connectivity index (χ4n) is 3.50. The van der Waals surface area contributed by atoms with Crippen molar-refractivity contribution in [1.82, 2.24) is 14.5 Å². The minimum Gasteiger partial charge on any atom is -0.347 e. The van der Waals surface area contributed by atoms with Crippen LogP contribution in [0.1, 0.15) is 25.7 Å². The van der Waals surface area contributed by atoms with Crippen LogP contribution in [0.4, 0.5) is 0 Å². The first kappa shape index (κ1) is 20.1. The summed E-state index contributed by atoms with van der Waals surface area (Å²) < 4.78 is 26.7. The maximum absolute atomic E-state index is 12.7. The molecule has 0 bridgehead atoms. The van der Waals surface area contributed by atoms with Crippen molar-refractivity contribution < 1.29 is 18.0 Å². The highest BCUT2D eigenvalue weighted by Gasteiger charge is 2.32. The number of nitrogens with one attached hydrogen (secondary N) is 1. The van der Waals surface area contributed by atoms with Gasteiger partial charge in [-0.3, -0.25) is 9.59 Å². The van der Waals surface area contributed by atoms with Crippen molar-refractivity contribution in [3.63, 3.8) is 0 Å². The van der Waals surface area contributed by atoms with E-state index >= 15 is 0 Å². The topological polar surface area (TPSA) is 86.8 Å². The van der Waals surface area contributed by atoms with Crippen LogP contribution in [0.25, 0.3) is 0 Å². The number of sulfonamides is 1. The van der Waals surface area contributed by atoms with Crippen LogP contribution in [-0.2, 0) is 19.6 Å². The Hall–Kier alpha value is -1.64. The second-order valence-electron chi connectivity index (χ2n) is 6.94. The zero-order valence-corrected chi connectivity index (χ0v) is 16.6. The van der Waals surface area contributed by atoms with E-state index in [1.165, 1.54) is 16.4 Å². The van der Waals surface area contributed by atoms with Gasteiger partial charge in [0, 0.05) is 37.1 Å². The Morgan fingerprint density at radius 1 is 1.04 bits per heavy atom. The lowest BCUT2D eigenvalue weighted by Crippen LogP contribution is -2.45. The maximum Gasteiger partial charge on any atom is 0.243 e. The van der Waals surface area contributed by atoms with Gasteiger partial charge in [-0.1, -0.05) is 11.6 Å². The lowest BCUT2D eigenvalue weighted by atomic mass is 9.97. The highest BCUT2D eigenvalue weighted by molar-refractivity contribution is 7.89. The van der Waals surface area contributed by atoms with Crippen LogP contribution in [0, 0.1) is 5.92 Å². The van der Waals surface area contributed by atoms with Crippen molar-refractivity contribution >= 4 is 33.4 Å². The molecule has 0 aliphatic carbocycles. The molecule has 9 heteroatoms. The number of carbonyl (C=O) groups excluding carboxylic acids is 2. The third kappa shape index (κ3) is 4.80. The van der Waals surface area contributed by atoms with Gasteiger partial charge in [0.15, 0.2) is 0 Å². The zero-order valence-electron chi connectivity index (χ0n) is 15.1. The smallest absolute Gasteiger partial charge is 0.243 e. The van der Waals surface area contributed by atoms with Gasteiger partial charge in [-0.25, -0.2) is 8.42 Å². The summed E-state index contributed by atoms with van der Waals surface area (Å²) >= 11 is 5.82. The standard InChI is InChI=1S/C18H24ClN3O4S/c19-15-3-5-16(6-4-15)27(25,26)22-11-7-14(8-12-22)18(24)20-13-17(23)21-9-1-2-10-21/h3-6,14H,1-2,7-13H2,(H,20,24). The van der Waals surface area contributed by atoms with Crippen LogP contribution in [0.3, 0.4) is 0 Å². The number of benzene rings is 1. The SMILES string of the molecule is O=C(NCC(=O)N1CCCC1)C1CCN(S(=O)(=O)c2ccc(Cl)cc2)CC1. The predicted octanol–water partition coefficient (Wildman–Crippen LogP) is 1.48. The maximum atomic E-state index is 12.7. The number of rotatable bonds is 5. The molecular formula is C18H24ClN3O4S. The molecule has 2 amide bonds. The number of amides is 2. The molecule has 148 valence electrons. The van der Waals surface area contributed by atoms with E-state index < -0.39 is 10.0 Å². The average Bonchev–Trinajstić information content (AvgIpc) is 3.21. The summed E-state index contributed by atoms with van der Waals surface area (Å²) in [6.45, 7) is 2.10. The van der Waals surface area contributed by atoms with Crippen molar-refractivity contribution in [2.45, 2.75) is 30.6 Å². The highest BCUT2D eigenvalue weighted by atomic mass is 35.5. The van der Waals surface area contributed by atoms with E-state index in [4.69, 9.17) is 11.6 Å². The lowest BCUT2D eigenvalue weighted by molar-refractivity contribution is -0.133. The van der Waals surface area contributed by atoms with Gasteiger partial charge < -0.3 is 10.2 Å². The molecule has 0 radical (unpaired) electrons. The van der Waals surface area contributed by atoms with Gasteiger partial charge in [0.1, 0.15) is 0 Å². The van der Waals surface area contributed by atoms with Gasteiger partial charge in [-0.15, -0.1) is 0 Å². The Bertz CT molecular complexity index is 783. The summed E-state index contributed by atoms with van der Waals surface area (Å²) in [5.41, 5.74) is 0. The van der Waals surface area contributed by atoms with Gasteiger partial charge >= 0.3 is 0 Å². The molecule has 0 aromatic heterocycles. The van der Waals surface area contributed by atoms with Crippen LogP contribution in [0.15, 0.2) is 29.2 Å². The molecular weight excluding hydrogens is 390 g/mol. The first-order chi connectivity index (χ1) is 12.9. The Morgan fingerprint density at radius 3 is 2.22 bits per heavy atom. The Labute approximate surface area is 164 Å². The monoisotopic (exact) mass is 413 g/mol. The molecule has 3 rings (SSSR count). The normalized spacial score (nSPS) is 19.2. The molecule has 0 spiro atoms. The minimum atomic E-state index is -3.58. The molecule has 2 heterocycles. The molecule has 0 atom stereocenters. The first-order valence-electron chi connectivity index (χ1n) is 9.19. The van der Waals surface area contributed by atoms with Crippen LogP contribution < -0.4 is 5.32 Å². The fourth-order valence-corrected chi connectivity index (χ4v) is 5.10. The third-order valence-electron chi connectivity index (χ3n) is 5.15. The predicted molar refractivity (Wildman–Crippen MR) is 102 cm³/mol. The molecule has 1 aromatic rings. The molecule has 2 aliphatic rings. The molecule has 2 saturated heterocycles. The van der Waals surface area contributed by atoms with E-state index in [9.17, 15) is 18.0 Å². The molecule has 7 nitrogen and oxygen atoms in total. The van der Waals surface area contributed by atoms with Crippen molar-refractivity contribution in [3.8, 4) is 0 Å². The Balaban J connectivity index is 1.49. The molecule has 2 fully saturated rings. The van der Waals surface area contributed by atoms with Gasteiger partial charge in [0.2, 0.25) is 21.8 Å².